The molecule has 2 N–H and O–H groups in total. The van der Waals surface area contributed by atoms with E-state index in [-0.39, 0.29) is 0 Å². The summed E-state index contributed by atoms with van der Waals surface area (Å²) in [6.45, 7) is 6.36. The lowest BCUT2D eigenvalue weighted by molar-refractivity contribution is 0.150. The molecule has 1 saturated heterocycles. The molecule has 0 aromatic carbocycles. The van der Waals surface area contributed by atoms with Crippen LogP contribution in [0.4, 0.5) is 0 Å². The molecule has 1 aromatic rings. The second kappa shape index (κ2) is 5.25. The van der Waals surface area contributed by atoms with E-state index in [0.717, 1.165) is 6.54 Å². The Bertz CT molecular complexity index is 315. The minimum atomic E-state index is 0.303. The van der Waals surface area contributed by atoms with Gasteiger partial charge in [-0.1, -0.05) is 6.92 Å². The second-order valence-corrected chi connectivity index (χ2v) is 5.85. The first-order valence-corrected chi connectivity index (χ1v) is 6.88. The van der Waals surface area contributed by atoms with Crippen molar-refractivity contribution in [3.63, 3.8) is 0 Å². The normalized spacial score (nSPS) is 29.2. The molecular weight excluding hydrogens is 220 g/mol. The van der Waals surface area contributed by atoms with Crippen molar-refractivity contribution in [2.45, 2.75) is 31.2 Å². The summed E-state index contributed by atoms with van der Waals surface area (Å²) in [6, 6.07) is 2.90. The van der Waals surface area contributed by atoms with Crippen LogP contribution in [0, 0.1) is 0 Å². The van der Waals surface area contributed by atoms with Crippen LogP contribution in [0.1, 0.15) is 25.5 Å². The predicted molar refractivity (Wildman–Crippen MR) is 68.6 cm³/mol. The summed E-state index contributed by atoms with van der Waals surface area (Å²) in [6.07, 6.45) is 3.54. The molecular formula is C12H20N2OS. The number of thioether (sulfide) groups is 1. The lowest BCUT2D eigenvalue weighted by Gasteiger charge is -2.41. The summed E-state index contributed by atoms with van der Waals surface area (Å²) < 4.78 is 5.16. The quantitative estimate of drug-likeness (QED) is 0.878. The van der Waals surface area contributed by atoms with Crippen LogP contribution < -0.4 is 5.73 Å². The van der Waals surface area contributed by atoms with Gasteiger partial charge < -0.3 is 10.2 Å². The Balaban J connectivity index is 2.14. The zero-order valence-electron chi connectivity index (χ0n) is 9.93. The van der Waals surface area contributed by atoms with E-state index in [0.29, 0.717) is 23.9 Å². The number of hydrogen-bond acceptors (Lipinski definition) is 4. The minimum Gasteiger partial charge on any atom is -0.472 e. The SMILES string of the molecule is CC1SCCN(C(CN)c2ccoc2)C1C. The van der Waals surface area contributed by atoms with Gasteiger partial charge in [0.1, 0.15) is 0 Å². The van der Waals surface area contributed by atoms with E-state index in [1.165, 1.54) is 11.3 Å². The third kappa shape index (κ3) is 2.29. The summed E-state index contributed by atoms with van der Waals surface area (Å²) in [5.41, 5.74) is 7.11. The van der Waals surface area contributed by atoms with E-state index < -0.39 is 0 Å². The molecule has 0 amide bonds. The lowest BCUT2D eigenvalue weighted by atomic mass is 10.1. The zero-order valence-corrected chi connectivity index (χ0v) is 10.7. The smallest absolute Gasteiger partial charge is 0.0950 e. The number of rotatable bonds is 3. The van der Waals surface area contributed by atoms with Crippen molar-refractivity contribution in [3.8, 4) is 0 Å². The molecule has 0 spiro atoms. The summed E-state index contributed by atoms with van der Waals surface area (Å²) >= 11 is 2.05. The molecule has 2 heterocycles. The fourth-order valence-electron chi connectivity index (χ4n) is 2.32. The maximum atomic E-state index is 5.91. The summed E-state index contributed by atoms with van der Waals surface area (Å²) in [4.78, 5) is 2.51. The van der Waals surface area contributed by atoms with Gasteiger partial charge >= 0.3 is 0 Å². The van der Waals surface area contributed by atoms with Gasteiger partial charge in [-0.05, 0) is 13.0 Å². The molecule has 4 heteroatoms. The van der Waals surface area contributed by atoms with Gasteiger partial charge in [0.05, 0.1) is 18.6 Å². The Morgan fingerprint density at radius 2 is 2.44 bits per heavy atom. The standard InChI is InChI=1S/C12H20N2OS/c1-9-10(2)16-6-4-14(9)12(7-13)11-3-5-15-8-11/h3,5,8-10,12H,4,6-7,13H2,1-2H3. The summed E-state index contributed by atoms with van der Waals surface area (Å²) in [5.74, 6) is 1.19. The lowest BCUT2D eigenvalue weighted by Crippen LogP contribution is -2.48. The highest BCUT2D eigenvalue weighted by Crippen LogP contribution is 2.31. The molecule has 0 bridgehead atoms. The third-order valence-electron chi connectivity index (χ3n) is 3.48. The van der Waals surface area contributed by atoms with Gasteiger partial charge in [0.2, 0.25) is 0 Å². The Morgan fingerprint density at radius 1 is 1.62 bits per heavy atom. The predicted octanol–water partition coefficient (Wildman–Crippen LogP) is 2.11. The van der Waals surface area contributed by atoms with Crippen molar-refractivity contribution in [2.75, 3.05) is 18.8 Å². The molecule has 1 aliphatic heterocycles. The van der Waals surface area contributed by atoms with Gasteiger partial charge in [0.25, 0.3) is 0 Å². The largest absolute Gasteiger partial charge is 0.472 e. The molecule has 90 valence electrons. The van der Waals surface area contributed by atoms with Crippen LogP contribution in [-0.4, -0.2) is 35.0 Å². The first-order valence-electron chi connectivity index (χ1n) is 5.83. The first kappa shape index (κ1) is 12.0. The fourth-order valence-corrected chi connectivity index (χ4v) is 3.45. The van der Waals surface area contributed by atoms with Crippen molar-refractivity contribution >= 4 is 11.8 Å². The molecule has 1 fully saturated rings. The minimum absolute atomic E-state index is 0.303. The van der Waals surface area contributed by atoms with Crippen molar-refractivity contribution in [1.82, 2.24) is 4.90 Å². The van der Waals surface area contributed by atoms with Crippen LogP contribution in [0.15, 0.2) is 23.0 Å². The van der Waals surface area contributed by atoms with Crippen molar-refractivity contribution < 1.29 is 4.42 Å². The van der Waals surface area contributed by atoms with Crippen LogP contribution >= 0.6 is 11.8 Å². The maximum Gasteiger partial charge on any atom is 0.0950 e. The van der Waals surface area contributed by atoms with E-state index in [4.69, 9.17) is 10.2 Å². The highest BCUT2D eigenvalue weighted by Gasteiger charge is 2.31. The monoisotopic (exact) mass is 240 g/mol. The molecule has 3 atom stereocenters. The molecule has 0 radical (unpaired) electrons. The molecule has 0 saturated carbocycles. The van der Waals surface area contributed by atoms with Gasteiger partial charge in [-0.25, -0.2) is 0 Å². The molecule has 2 rings (SSSR count). The van der Waals surface area contributed by atoms with E-state index in [9.17, 15) is 0 Å². The molecule has 16 heavy (non-hydrogen) atoms. The average Bonchev–Trinajstić information content (AvgIpc) is 2.79. The van der Waals surface area contributed by atoms with Crippen molar-refractivity contribution in [1.29, 1.82) is 0 Å². The number of hydrogen-bond donors (Lipinski definition) is 1. The molecule has 3 unspecified atom stereocenters. The topological polar surface area (TPSA) is 42.4 Å². The van der Waals surface area contributed by atoms with Crippen molar-refractivity contribution in [3.05, 3.63) is 24.2 Å². The van der Waals surface area contributed by atoms with Crippen LogP contribution in [0.2, 0.25) is 0 Å². The van der Waals surface area contributed by atoms with Crippen LogP contribution in [-0.2, 0) is 0 Å². The molecule has 1 aromatic heterocycles. The number of nitrogens with two attached hydrogens (primary N) is 1. The van der Waals surface area contributed by atoms with Gasteiger partial charge in [-0.15, -0.1) is 0 Å². The van der Waals surface area contributed by atoms with E-state index >= 15 is 0 Å². The first-order chi connectivity index (χ1) is 7.74. The number of furan rings is 1. The number of nitrogens with zero attached hydrogens (tertiary/aromatic N) is 1. The molecule has 3 nitrogen and oxygen atoms in total. The van der Waals surface area contributed by atoms with E-state index in [2.05, 4.69) is 18.7 Å². The summed E-state index contributed by atoms with van der Waals surface area (Å²) in [7, 11) is 0. The van der Waals surface area contributed by atoms with E-state index in [1.54, 1.807) is 6.26 Å². The van der Waals surface area contributed by atoms with Crippen LogP contribution in [0.3, 0.4) is 0 Å². The Hall–Kier alpha value is -0.450. The third-order valence-corrected chi connectivity index (χ3v) is 4.82. The van der Waals surface area contributed by atoms with E-state index in [1.807, 2.05) is 24.1 Å². The zero-order chi connectivity index (χ0) is 11.5. The van der Waals surface area contributed by atoms with Gasteiger partial charge in [-0.2, -0.15) is 11.8 Å². The molecule has 1 aliphatic rings. The van der Waals surface area contributed by atoms with Gasteiger partial charge in [-0.3, -0.25) is 4.90 Å². The Morgan fingerprint density at radius 3 is 3.06 bits per heavy atom. The highest BCUT2D eigenvalue weighted by atomic mass is 32.2. The molecule has 0 aliphatic carbocycles. The van der Waals surface area contributed by atoms with Gasteiger partial charge in [0.15, 0.2) is 0 Å². The summed E-state index contributed by atoms with van der Waals surface area (Å²) in [5, 5.41) is 0.676. The van der Waals surface area contributed by atoms with Gasteiger partial charge in [0, 0.05) is 35.7 Å². The van der Waals surface area contributed by atoms with Crippen LogP contribution in [0.5, 0.6) is 0 Å². The average molecular weight is 240 g/mol. The van der Waals surface area contributed by atoms with Crippen molar-refractivity contribution in [2.24, 2.45) is 5.73 Å². The second-order valence-electron chi connectivity index (χ2n) is 4.36. The highest BCUT2D eigenvalue weighted by molar-refractivity contribution is 8.00. The van der Waals surface area contributed by atoms with Crippen LogP contribution in [0.25, 0.3) is 0 Å². The fraction of sp³-hybridized carbons (Fsp3) is 0.667. The maximum absolute atomic E-state index is 5.91. The Kier molecular flexibility index (Phi) is 3.95. The Labute approximate surface area is 101 Å².